The van der Waals surface area contributed by atoms with Gasteiger partial charge < -0.3 is 25.2 Å². The number of carbonyl (C=O) groups is 4. The van der Waals surface area contributed by atoms with Crippen LogP contribution in [0.5, 0.6) is 0 Å². The number of hydrogen-bond acceptors (Lipinski definition) is 9. The van der Waals surface area contributed by atoms with Crippen LogP contribution in [0.2, 0.25) is 0 Å². The van der Waals surface area contributed by atoms with Crippen molar-refractivity contribution in [3.63, 3.8) is 0 Å². The lowest BCUT2D eigenvalue weighted by Crippen LogP contribution is -2.57. The van der Waals surface area contributed by atoms with Gasteiger partial charge in [0, 0.05) is 6.42 Å². The van der Waals surface area contributed by atoms with E-state index in [0.717, 1.165) is 57.8 Å². The van der Waals surface area contributed by atoms with Crippen LogP contribution in [0.15, 0.2) is 15.8 Å². The highest BCUT2D eigenvalue weighted by atomic mass is 19.1. The van der Waals surface area contributed by atoms with Crippen LogP contribution in [-0.2, 0) is 23.9 Å². The minimum Gasteiger partial charge on any atom is -0.481 e. The van der Waals surface area contributed by atoms with Crippen molar-refractivity contribution in [2.24, 2.45) is 11.8 Å². The van der Waals surface area contributed by atoms with Gasteiger partial charge in [-0.25, -0.2) is 4.79 Å². The molecule has 0 bridgehead atoms. The van der Waals surface area contributed by atoms with E-state index in [1.807, 2.05) is 0 Å². The van der Waals surface area contributed by atoms with Crippen molar-refractivity contribution in [2.75, 3.05) is 0 Å². The van der Waals surface area contributed by atoms with Gasteiger partial charge in [-0.2, -0.15) is 4.39 Å². The lowest BCUT2D eigenvalue weighted by atomic mass is 9.77. The smallest absolute Gasteiger partial charge is 0.330 e. The molecule has 0 saturated carbocycles. The second-order valence-electron chi connectivity index (χ2n) is 15.4. The average molecular weight is 783 g/mol. The third-order valence-electron chi connectivity index (χ3n) is 10.9. The van der Waals surface area contributed by atoms with E-state index in [0.29, 0.717) is 36.4 Å². The summed E-state index contributed by atoms with van der Waals surface area (Å²) in [4.78, 5) is 78.2. The Morgan fingerprint density at radius 3 is 1.56 bits per heavy atom. The molecule has 0 radical (unpaired) electrons. The zero-order valence-electron chi connectivity index (χ0n) is 33.1. The number of unbranched alkanes of at least 4 members (excludes halogenated alkanes) is 20. The van der Waals surface area contributed by atoms with Crippen molar-refractivity contribution in [3.05, 3.63) is 32.9 Å². The van der Waals surface area contributed by atoms with E-state index in [2.05, 4.69) is 13.8 Å². The van der Waals surface area contributed by atoms with Gasteiger partial charge in [0.2, 0.25) is 5.82 Å². The van der Waals surface area contributed by atoms with Gasteiger partial charge in [0.1, 0.15) is 30.3 Å². The lowest BCUT2D eigenvalue weighted by molar-refractivity contribution is -0.169. The molecule has 0 amide bonds. The molecule has 314 valence electrons. The van der Waals surface area contributed by atoms with Crippen molar-refractivity contribution in [2.45, 2.75) is 198 Å². The Morgan fingerprint density at radius 1 is 0.745 bits per heavy atom. The molecule has 13 nitrogen and oxygen atoms in total. The van der Waals surface area contributed by atoms with Crippen LogP contribution in [-0.4, -0.2) is 71.3 Å². The summed E-state index contributed by atoms with van der Waals surface area (Å²) < 4.78 is 20.5. The largest absolute Gasteiger partial charge is 0.481 e. The minimum atomic E-state index is -2.90. The van der Waals surface area contributed by atoms with E-state index in [1.54, 1.807) is 4.98 Å². The standard InChI is InChI=1S/C41H67FN2O11/c1-3-5-7-9-11-13-15-17-19-21-23-25-29(38(49)50)33(45)34(46)36-41(54,27-32(55-36)44-28-31(42)37(48)43-40(44)53)35(47)30(39(51)52)26-24-22-20-18-16-14-12-10-8-6-4-2/h28-30,32,34,36,46,54H,3-27H2,1-2H3,(H,49,50)(H,51,52)(H,43,48,53)/t29?,30?,32-,34?,36-,41-/m1/s1. The fraction of sp³-hybridized carbons (Fsp3) is 0.805. The number of ketones is 2. The number of aliphatic hydroxyl groups is 2. The summed E-state index contributed by atoms with van der Waals surface area (Å²) >= 11 is 0. The SMILES string of the molecule is CCCCCCCCCCCCCC(C(=O)O)C(=O)C(O)[C@H]1O[C@@H](n2cc(F)c(=O)[nH]c2=O)C[C@@]1(O)C(=O)C(CCCCCCCCCCCCC)C(=O)O. The molecule has 2 rings (SSSR count). The zero-order chi connectivity index (χ0) is 40.8. The highest BCUT2D eigenvalue weighted by Crippen LogP contribution is 2.41. The quantitative estimate of drug-likeness (QED) is 0.0371. The monoisotopic (exact) mass is 782 g/mol. The van der Waals surface area contributed by atoms with Crippen molar-refractivity contribution < 1.29 is 48.7 Å². The van der Waals surface area contributed by atoms with Crippen LogP contribution in [0.25, 0.3) is 0 Å². The predicted octanol–water partition coefficient (Wildman–Crippen LogP) is 7.00. The third-order valence-corrected chi connectivity index (χ3v) is 10.9. The van der Waals surface area contributed by atoms with Gasteiger partial charge >= 0.3 is 17.6 Å². The Morgan fingerprint density at radius 2 is 1.15 bits per heavy atom. The Kier molecular flexibility index (Phi) is 22.5. The summed E-state index contributed by atoms with van der Waals surface area (Å²) in [7, 11) is 0. The van der Waals surface area contributed by atoms with Gasteiger partial charge in [-0.3, -0.25) is 33.5 Å². The Labute approximate surface area is 324 Å². The average Bonchev–Trinajstić information content (AvgIpc) is 3.50. The molecule has 1 saturated heterocycles. The maximum Gasteiger partial charge on any atom is 0.330 e. The molecule has 1 aliphatic rings. The number of ether oxygens (including phenoxy) is 1. The Hall–Kier alpha value is -3.23. The van der Waals surface area contributed by atoms with E-state index in [4.69, 9.17) is 4.74 Å². The number of halogens is 1. The number of carboxylic acid groups (broad SMARTS) is 2. The number of nitrogens with zero attached hydrogens (tertiary/aromatic N) is 1. The molecule has 0 aliphatic carbocycles. The third kappa shape index (κ3) is 15.7. The molecule has 6 atom stereocenters. The topological polar surface area (TPSA) is 213 Å². The van der Waals surface area contributed by atoms with Crippen molar-refractivity contribution in [3.8, 4) is 0 Å². The van der Waals surface area contributed by atoms with E-state index in [1.165, 1.54) is 57.8 Å². The molecule has 3 unspecified atom stereocenters. The maximum absolute atomic E-state index is 14.3. The van der Waals surface area contributed by atoms with Gasteiger partial charge in [-0.05, 0) is 12.8 Å². The molecule has 1 aromatic rings. The van der Waals surface area contributed by atoms with E-state index < -0.39 is 82.9 Å². The number of carboxylic acids is 2. The van der Waals surface area contributed by atoms with Gasteiger partial charge in [-0.15, -0.1) is 0 Å². The Bertz CT molecular complexity index is 1450. The molecule has 1 aliphatic heterocycles. The number of aromatic amines is 1. The fourth-order valence-corrected chi connectivity index (χ4v) is 7.56. The summed E-state index contributed by atoms with van der Waals surface area (Å²) in [5.74, 6) is -10.5. The molecule has 1 aromatic heterocycles. The number of aromatic nitrogens is 2. The molecule has 0 spiro atoms. The summed E-state index contributed by atoms with van der Waals surface area (Å²) in [5, 5.41) is 43.2. The minimum absolute atomic E-state index is 0.133. The number of aliphatic carboxylic acids is 2. The van der Waals surface area contributed by atoms with Crippen LogP contribution >= 0.6 is 0 Å². The first-order valence-corrected chi connectivity index (χ1v) is 20.9. The van der Waals surface area contributed by atoms with E-state index in [-0.39, 0.29) is 12.8 Å². The highest BCUT2D eigenvalue weighted by Gasteiger charge is 2.60. The summed E-state index contributed by atoms with van der Waals surface area (Å²) in [5.41, 5.74) is -5.43. The van der Waals surface area contributed by atoms with E-state index >= 15 is 0 Å². The molecule has 5 N–H and O–H groups in total. The number of hydrogen-bond donors (Lipinski definition) is 5. The summed E-state index contributed by atoms with van der Waals surface area (Å²) in [6.07, 6.45) is 14.8. The summed E-state index contributed by atoms with van der Waals surface area (Å²) in [6.45, 7) is 4.34. The molecule has 55 heavy (non-hydrogen) atoms. The van der Waals surface area contributed by atoms with Gasteiger partial charge in [0.05, 0.1) is 6.20 Å². The fourth-order valence-electron chi connectivity index (χ4n) is 7.56. The lowest BCUT2D eigenvalue weighted by Gasteiger charge is -2.32. The first-order chi connectivity index (χ1) is 26.3. The van der Waals surface area contributed by atoms with Gasteiger partial charge in [0.15, 0.2) is 17.2 Å². The van der Waals surface area contributed by atoms with Crippen molar-refractivity contribution in [1.82, 2.24) is 9.55 Å². The molecule has 14 heteroatoms. The Balaban J connectivity index is 2.14. The summed E-state index contributed by atoms with van der Waals surface area (Å²) in [6, 6.07) is 0. The molecular weight excluding hydrogens is 715 g/mol. The van der Waals surface area contributed by atoms with Gasteiger partial charge in [0.25, 0.3) is 5.56 Å². The van der Waals surface area contributed by atoms with Crippen molar-refractivity contribution in [1.29, 1.82) is 0 Å². The van der Waals surface area contributed by atoms with Crippen molar-refractivity contribution >= 4 is 23.5 Å². The normalized spacial score (nSPS) is 19.9. The number of rotatable bonds is 32. The number of H-pyrrole nitrogens is 1. The van der Waals surface area contributed by atoms with Crippen LogP contribution < -0.4 is 11.2 Å². The molecule has 2 heterocycles. The first kappa shape index (κ1) is 47.9. The highest BCUT2D eigenvalue weighted by molar-refractivity contribution is 6.05. The molecular formula is C41H67FN2O11. The molecule has 1 fully saturated rings. The van der Waals surface area contributed by atoms with Crippen LogP contribution in [0.1, 0.15) is 181 Å². The predicted molar refractivity (Wildman–Crippen MR) is 205 cm³/mol. The number of aliphatic hydroxyl groups excluding tert-OH is 1. The second kappa shape index (κ2) is 25.8. The molecule has 0 aromatic carbocycles. The van der Waals surface area contributed by atoms with Gasteiger partial charge in [-0.1, -0.05) is 155 Å². The first-order valence-electron chi connectivity index (χ1n) is 20.9. The van der Waals surface area contributed by atoms with Crippen LogP contribution in [0.4, 0.5) is 4.39 Å². The van der Waals surface area contributed by atoms with Crippen LogP contribution in [0.3, 0.4) is 0 Å². The second-order valence-corrected chi connectivity index (χ2v) is 15.4. The number of nitrogens with one attached hydrogen (secondary N) is 1. The van der Waals surface area contributed by atoms with Crippen LogP contribution in [0, 0.1) is 17.7 Å². The number of Topliss-reactive ketones (excluding diaryl/α,β-unsaturated/α-hetero) is 2. The maximum atomic E-state index is 14.3. The number of carbonyl (C=O) groups excluding carboxylic acids is 2. The van der Waals surface area contributed by atoms with E-state index in [9.17, 15) is 53.6 Å². The zero-order valence-corrected chi connectivity index (χ0v) is 33.1.